The fourth-order valence-electron chi connectivity index (χ4n) is 10.7. The molecule has 0 saturated heterocycles. The third-order valence-electron chi connectivity index (χ3n) is 13.5. The quantitative estimate of drug-likeness (QED) is 0.162. The molecule has 302 valence electrons. The number of rotatable bonds is 6. The fourth-order valence-corrected chi connectivity index (χ4v) is 10.7. The molecule has 9 aromatic rings. The Balaban J connectivity index is 0.00000149. The highest BCUT2D eigenvalue weighted by atomic mass is 15.1. The van der Waals surface area contributed by atoms with Crippen LogP contribution < -0.4 is 4.90 Å². The van der Waals surface area contributed by atoms with Crippen LogP contribution in [0.3, 0.4) is 0 Å². The number of fused-ring (bicyclic) bond motifs is 7. The third kappa shape index (κ3) is 5.98. The van der Waals surface area contributed by atoms with Crippen LogP contribution in [0.25, 0.3) is 44.2 Å². The van der Waals surface area contributed by atoms with Gasteiger partial charge in [0, 0.05) is 22.2 Å². The molecule has 1 heteroatoms. The lowest BCUT2D eigenvalue weighted by Gasteiger charge is -2.35. The molecular formula is C61H53N. The van der Waals surface area contributed by atoms with Gasteiger partial charge in [-0.3, -0.25) is 0 Å². The highest BCUT2D eigenvalue weighted by Crippen LogP contribution is 2.58. The molecule has 11 rings (SSSR count). The average Bonchev–Trinajstić information content (AvgIpc) is 3.73. The van der Waals surface area contributed by atoms with E-state index in [0.717, 1.165) is 17.1 Å². The van der Waals surface area contributed by atoms with Gasteiger partial charge in [-0.2, -0.15) is 0 Å². The van der Waals surface area contributed by atoms with Gasteiger partial charge < -0.3 is 4.90 Å². The predicted molar refractivity (Wildman–Crippen MR) is 264 cm³/mol. The van der Waals surface area contributed by atoms with E-state index in [2.05, 4.69) is 247 Å². The third-order valence-corrected chi connectivity index (χ3v) is 13.5. The molecule has 0 heterocycles. The van der Waals surface area contributed by atoms with Crippen molar-refractivity contribution in [2.75, 3.05) is 4.90 Å². The molecule has 2 aliphatic carbocycles. The van der Waals surface area contributed by atoms with Crippen LogP contribution in [0.4, 0.5) is 17.1 Å². The van der Waals surface area contributed by atoms with Crippen LogP contribution in [0.2, 0.25) is 0 Å². The molecule has 0 unspecified atom stereocenters. The van der Waals surface area contributed by atoms with Crippen LogP contribution in [-0.2, 0) is 10.8 Å². The SMILES string of the molecule is CCC.Cc1ccccc1-c1ccc2c(c1C)-c1cc(N(c3ccc4c(c3)C(c3ccccc3)(c3ccccc3)c3ccccc3-4)c3cccc4ccccc34)ccc1C2(C)C. The molecule has 0 fully saturated rings. The number of hydrogen-bond acceptors (Lipinski definition) is 1. The van der Waals surface area contributed by atoms with Crippen molar-refractivity contribution in [3.63, 3.8) is 0 Å². The number of anilines is 3. The monoisotopic (exact) mass is 799 g/mol. The van der Waals surface area contributed by atoms with Gasteiger partial charge in [-0.15, -0.1) is 0 Å². The molecule has 0 bridgehead atoms. The van der Waals surface area contributed by atoms with E-state index in [0.29, 0.717) is 0 Å². The molecule has 0 radical (unpaired) electrons. The number of nitrogens with zero attached hydrogens (tertiary/aromatic N) is 1. The van der Waals surface area contributed by atoms with Gasteiger partial charge in [-0.25, -0.2) is 0 Å². The summed E-state index contributed by atoms with van der Waals surface area (Å²) in [5.41, 5.74) is 21.2. The van der Waals surface area contributed by atoms with Crippen molar-refractivity contribution < 1.29 is 0 Å². The molecular weight excluding hydrogens is 747 g/mol. The van der Waals surface area contributed by atoms with Gasteiger partial charge in [0.2, 0.25) is 0 Å². The first kappa shape index (κ1) is 39.2. The van der Waals surface area contributed by atoms with Gasteiger partial charge in [0.05, 0.1) is 11.1 Å². The topological polar surface area (TPSA) is 3.24 Å². The Morgan fingerprint density at radius 2 is 0.968 bits per heavy atom. The molecule has 1 nitrogen and oxygen atoms in total. The minimum atomic E-state index is -0.501. The normalized spacial score (nSPS) is 13.6. The Bertz CT molecular complexity index is 3070. The summed E-state index contributed by atoms with van der Waals surface area (Å²) in [5, 5.41) is 2.44. The summed E-state index contributed by atoms with van der Waals surface area (Å²) >= 11 is 0. The number of benzene rings is 9. The highest BCUT2D eigenvalue weighted by Gasteiger charge is 2.46. The fraction of sp³-hybridized carbons (Fsp3) is 0.148. The van der Waals surface area contributed by atoms with E-state index < -0.39 is 5.41 Å². The minimum absolute atomic E-state index is 0.132. The van der Waals surface area contributed by atoms with E-state index in [4.69, 9.17) is 0 Å². The van der Waals surface area contributed by atoms with Gasteiger partial charge in [-0.05, 0) is 127 Å². The summed E-state index contributed by atoms with van der Waals surface area (Å²) in [6, 6.07) is 74.7. The summed E-state index contributed by atoms with van der Waals surface area (Å²) in [5.74, 6) is 0. The summed E-state index contributed by atoms with van der Waals surface area (Å²) in [7, 11) is 0. The first-order valence-corrected chi connectivity index (χ1v) is 22.3. The predicted octanol–water partition coefficient (Wildman–Crippen LogP) is 16.7. The molecule has 2 aliphatic rings. The van der Waals surface area contributed by atoms with Crippen molar-refractivity contribution in [2.24, 2.45) is 0 Å². The number of hydrogen-bond donors (Lipinski definition) is 0. The summed E-state index contributed by atoms with van der Waals surface area (Å²) < 4.78 is 0. The Hall–Kier alpha value is -6.96. The van der Waals surface area contributed by atoms with Crippen LogP contribution in [0.15, 0.2) is 200 Å². The second kappa shape index (κ2) is 15.5. The largest absolute Gasteiger partial charge is 0.310 e. The van der Waals surface area contributed by atoms with Crippen LogP contribution in [0.1, 0.15) is 78.6 Å². The Labute approximate surface area is 368 Å². The summed E-state index contributed by atoms with van der Waals surface area (Å²) in [6.07, 6.45) is 1.25. The smallest absolute Gasteiger partial charge is 0.0714 e. The van der Waals surface area contributed by atoms with Gasteiger partial charge >= 0.3 is 0 Å². The van der Waals surface area contributed by atoms with Gasteiger partial charge in [0.15, 0.2) is 0 Å². The highest BCUT2D eigenvalue weighted by molar-refractivity contribution is 6.01. The van der Waals surface area contributed by atoms with Crippen molar-refractivity contribution in [1.82, 2.24) is 0 Å². The maximum Gasteiger partial charge on any atom is 0.0714 e. The lowest BCUT2D eigenvalue weighted by molar-refractivity contribution is 0.660. The molecule has 0 aromatic heterocycles. The van der Waals surface area contributed by atoms with Crippen LogP contribution in [0.5, 0.6) is 0 Å². The first-order valence-electron chi connectivity index (χ1n) is 22.3. The molecule has 0 N–H and O–H groups in total. The van der Waals surface area contributed by atoms with E-state index >= 15 is 0 Å². The Morgan fingerprint density at radius 1 is 0.419 bits per heavy atom. The van der Waals surface area contributed by atoms with E-state index in [-0.39, 0.29) is 5.41 Å². The first-order chi connectivity index (χ1) is 30.3. The number of aryl methyl sites for hydroxylation is 1. The van der Waals surface area contributed by atoms with Crippen LogP contribution in [-0.4, -0.2) is 0 Å². The van der Waals surface area contributed by atoms with Crippen molar-refractivity contribution in [1.29, 1.82) is 0 Å². The maximum atomic E-state index is 2.51. The molecule has 0 aliphatic heterocycles. The van der Waals surface area contributed by atoms with E-state index in [1.807, 2.05) is 0 Å². The lowest BCUT2D eigenvalue weighted by Crippen LogP contribution is -2.28. The zero-order chi connectivity index (χ0) is 42.6. The Morgan fingerprint density at radius 3 is 1.69 bits per heavy atom. The lowest BCUT2D eigenvalue weighted by atomic mass is 9.67. The van der Waals surface area contributed by atoms with Gasteiger partial charge in [-0.1, -0.05) is 204 Å². The average molecular weight is 800 g/mol. The standard InChI is InChI=1S/C58H45N.C3H8/c1-38-18-11-13-25-45(38)46-33-35-53-56(39(46)2)50-36-43(31-34-51(50)57(53,3)4)59(55-29-17-20-40-19-12-14-26-47(40)55)44-30-32-49-48-27-15-16-28-52(48)58(54(49)37-44,41-21-7-5-8-22-41)42-23-9-6-10-24-42;1-3-2/h5-37H,1-4H3;3H2,1-2H3. The van der Waals surface area contributed by atoms with E-state index in [9.17, 15) is 0 Å². The zero-order valence-corrected chi connectivity index (χ0v) is 36.7. The maximum absolute atomic E-state index is 2.51. The molecule has 0 atom stereocenters. The van der Waals surface area contributed by atoms with E-state index in [1.165, 1.54) is 95.1 Å². The van der Waals surface area contributed by atoms with Gasteiger partial charge in [0.1, 0.15) is 0 Å². The Kier molecular flexibility index (Phi) is 9.80. The molecule has 0 spiro atoms. The molecule has 0 saturated carbocycles. The van der Waals surface area contributed by atoms with Crippen molar-refractivity contribution in [3.05, 3.63) is 245 Å². The molecule has 0 amide bonds. The van der Waals surface area contributed by atoms with Crippen molar-refractivity contribution >= 4 is 27.8 Å². The zero-order valence-electron chi connectivity index (χ0n) is 36.7. The molecule has 62 heavy (non-hydrogen) atoms. The van der Waals surface area contributed by atoms with E-state index in [1.54, 1.807) is 0 Å². The second-order valence-electron chi connectivity index (χ2n) is 17.6. The van der Waals surface area contributed by atoms with Crippen LogP contribution in [0, 0.1) is 13.8 Å². The summed E-state index contributed by atoms with van der Waals surface area (Å²) in [6.45, 7) is 13.6. The van der Waals surface area contributed by atoms with Crippen LogP contribution >= 0.6 is 0 Å². The minimum Gasteiger partial charge on any atom is -0.310 e. The second-order valence-corrected chi connectivity index (χ2v) is 17.6. The van der Waals surface area contributed by atoms with Crippen molar-refractivity contribution in [3.8, 4) is 33.4 Å². The summed E-state index contributed by atoms with van der Waals surface area (Å²) in [4.78, 5) is 2.51. The molecule has 9 aromatic carbocycles. The van der Waals surface area contributed by atoms with Gasteiger partial charge in [0.25, 0.3) is 0 Å². The van der Waals surface area contributed by atoms with Crippen molar-refractivity contribution in [2.45, 2.75) is 58.8 Å².